The second kappa shape index (κ2) is 11.8. The van der Waals surface area contributed by atoms with E-state index in [0.717, 1.165) is 11.8 Å². The van der Waals surface area contributed by atoms with E-state index < -0.39 is 0 Å². The van der Waals surface area contributed by atoms with Gasteiger partial charge in [0.25, 0.3) is 0 Å². The van der Waals surface area contributed by atoms with Crippen LogP contribution < -0.4 is 0 Å². The molecule has 0 amide bonds. The van der Waals surface area contributed by atoms with E-state index in [1.807, 2.05) is 0 Å². The molecule has 0 heterocycles. The second-order valence-electron chi connectivity index (χ2n) is 5.83. The fraction of sp³-hybridized carbons (Fsp3) is 0.833. The summed E-state index contributed by atoms with van der Waals surface area (Å²) in [5.41, 5.74) is 1.53. The van der Waals surface area contributed by atoms with Crippen molar-refractivity contribution < 1.29 is 0 Å². The molecule has 0 saturated carbocycles. The van der Waals surface area contributed by atoms with Gasteiger partial charge in [-0.3, -0.25) is 0 Å². The van der Waals surface area contributed by atoms with E-state index in [0.29, 0.717) is 0 Å². The maximum Gasteiger partial charge on any atom is -0.0313 e. The number of hydrogen-bond acceptors (Lipinski definition) is 0. The van der Waals surface area contributed by atoms with Gasteiger partial charge in [-0.2, -0.15) is 0 Å². The maximum absolute atomic E-state index is 3.89. The molecule has 107 valence electrons. The molecule has 0 aromatic carbocycles. The van der Waals surface area contributed by atoms with Gasteiger partial charge in [0.05, 0.1) is 0 Å². The number of hydrogen-bond donors (Lipinski definition) is 0. The van der Waals surface area contributed by atoms with Gasteiger partial charge in [-0.15, -0.1) is 0 Å². The smallest absolute Gasteiger partial charge is 0.0313 e. The Kier molecular flexibility index (Phi) is 11.6. The topological polar surface area (TPSA) is 0 Å². The number of allylic oxidation sites excluding steroid dienone is 2. The molecule has 0 aliphatic heterocycles. The van der Waals surface area contributed by atoms with Crippen LogP contribution in [-0.2, 0) is 0 Å². The second-order valence-corrected chi connectivity index (χ2v) is 5.83. The lowest BCUT2D eigenvalue weighted by molar-refractivity contribution is 0.381. The monoisotopic (exact) mass is 251 g/mol. The molecule has 1 radical (unpaired) electrons. The molecule has 0 heteroatoms. The predicted octanol–water partition coefficient (Wildman–Crippen LogP) is 6.57. The lowest BCUT2D eigenvalue weighted by Gasteiger charge is -2.16. The summed E-state index contributed by atoms with van der Waals surface area (Å²) in [6.45, 7) is 13.2. The Labute approximate surface area is 116 Å². The van der Waals surface area contributed by atoms with Gasteiger partial charge in [0.2, 0.25) is 0 Å². The molecular weight excluding hydrogens is 216 g/mol. The van der Waals surface area contributed by atoms with Crippen LogP contribution in [0, 0.1) is 18.8 Å². The summed E-state index contributed by atoms with van der Waals surface area (Å²) in [4.78, 5) is 0. The van der Waals surface area contributed by atoms with Gasteiger partial charge in [-0.1, -0.05) is 77.9 Å². The van der Waals surface area contributed by atoms with Crippen molar-refractivity contribution in [3.05, 3.63) is 18.6 Å². The highest BCUT2D eigenvalue weighted by atomic mass is 14.1. The summed E-state index contributed by atoms with van der Waals surface area (Å²) in [7, 11) is 0. The summed E-state index contributed by atoms with van der Waals surface area (Å²) in [6, 6.07) is 0. The average Bonchev–Trinajstić information content (AvgIpc) is 2.41. The SMILES string of the molecule is [CH2]C=C(CC)CCCC(CC)CCCC(C)CC. The Balaban J connectivity index is 3.70. The van der Waals surface area contributed by atoms with Gasteiger partial charge in [-0.25, -0.2) is 0 Å². The van der Waals surface area contributed by atoms with E-state index in [1.54, 1.807) is 0 Å². The third-order valence-corrected chi connectivity index (χ3v) is 4.44. The first kappa shape index (κ1) is 17.7. The Hall–Kier alpha value is -0.260. The predicted molar refractivity (Wildman–Crippen MR) is 84.7 cm³/mol. The molecule has 0 saturated heterocycles. The molecule has 0 aromatic rings. The summed E-state index contributed by atoms with van der Waals surface area (Å²) in [6.07, 6.45) is 14.3. The minimum Gasteiger partial charge on any atom is -0.0850 e. The zero-order valence-electron chi connectivity index (χ0n) is 13.3. The average molecular weight is 251 g/mol. The van der Waals surface area contributed by atoms with Gasteiger partial charge in [0.1, 0.15) is 0 Å². The Morgan fingerprint density at radius 3 is 2.17 bits per heavy atom. The molecule has 0 N–H and O–H groups in total. The zero-order valence-corrected chi connectivity index (χ0v) is 13.3. The largest absolute Gasteiger partial charge is 0.0850 e. The molecule has 0 rings (SSSR count). The van der Waals surface area contributed by atoms with Gasteiger partial charge >= 0.3 is 0 Å². The van der Waals surface area contributed by atoms with Crippen molar-refractivity contribution in [2.24, 2.45) is 11.8 Å². The minimum atomic E-state index is 0.920. The summed E-state index contributed by atoms with van der Waals surface area (Å²) < 4.78 is 0. The standard InChI is InChI=1S/C18H35/c1-6-16(5)12-10-14-18(9-4)15-11-13-17(7-2)8-3/h7,16,18H,2,6,8-15H2,1,3-5H3. The van der Waals surface area contributed by atoms with E-state index in [4.69, 9.17) is 0 Å². The fourth-order valence-corrected chi connectivity index (χ4v) is 2.55. The van der Waals surface area contributed by atoms with Crippen molar-refractivity contribution in [1.82, 2.24) is 0 Å². The van der Waals surface area contributed by atoms with Gasteiger partial charge in [0.15, 0.2) is 0 Å². The van der Waals surface area contributed by atoms with Gasteiger partial charge in [-0.05, 0) is 38.0 Å². The third-order valence-electron chi connectivity index (χ3n) is 4.44. The molecule has 18 heavy (non-hydrogen) atoms. The molecular formula is C18H35. The molecule has 2 atom stereocenters. The lowest BCUT2D eigenvalue weighted by Crippen LogP contribution is -2.01. The molecule has 0 aliphatic rings. The van der Waals surface area contributed by atoms with E-state index >= 15 is 0 Å². The van der Waals surface area contributed by atoms with Crippen LogP contribution in [-0.4, -0.2) is 0 Å². The van der Waals surface area contributed by atoms with E-state index in [1.165, 1.54) is 63.4 Å². The Bertz CT molecular complexity index is 202. The van der Waals surface area contributed by atoms with Crippen LogP contribution >= 0.6 is 0 Å². The summed E-state index contributed by atoms with van der Waals surface area (Å²) >= 11 is 0. The van der Waals surface area contributed by atoms with Crippen LogP contribution in [0.25, 0.3) is 0 Å². The highest BCUT2D eigenvalue weighted by Crippen LogP contribution is 2.23. The minimum absolute atomic E-state index is 0.920. The highest BCUT2D eigenvalue weighted by Gasteiger charge is 2.07. The maximum atomic E-state index is 3.89. The summed E-state index contributed by atoms with van der Waals surface area (Å²) in [5.74, 6) is 1.88. The number of rotatable bonds is 11. The molecule has 0 aliphatic carbocycles. The Morgan fingerprint density at radius 1 is 1.00 bits per heavy atom. The van der Waals surface area contributed by atoms with Gasteiger partial charge in [0, 0.05) is 0 Å². The van der Waals surface area contributed by atoms with Crippen molar-refractivity contribution in [3.8, 4) is 0 Å². The fourth-order valence-electron chi connectivity index (χ4n) is 2.55. The molecule has 0 spiro atoms. The first-order chi connectivity index (χ1) is 8.67. The van der Waals surface area contributed by atoms with Crippen molar-refractivity contribution in [2.75, 3.05) is 0 Å². The van der Waals surface area contributed by atoms with Crippen LogP contribution in [0.3, 0.4) is 0 Å². The van der Waals surface area contributed by atoms with Crippen molar-refractivity contribution in [1.29, 1.82) is 0 Å². The van der Waals surface area contributed by atoms with Crippen molar-refractivity contribution in [3.63, 3.8) is 0 Å². The molecule has 0 fully saturated rings. The van der Waals surface area contributed by atoms with Crippen LogP contribution in [0.4, 0.5) is 0 Å². The summed E-state index contributed by atoms with van der Waals surface area (Å²) in [5, 5.41) is 0. The molecule has 2 unspecified atom stereocenters. The van der Waals surface area contributed by atoms with E-state index in [-0.39, 0.29) is 0 Å². The normalized spacial score (nSPS) is 15.7. The quantitative estimate of drug-likeness (QED) is 0.389. The van der Waals surface area contributed by atoms with Crippen LogP contribution in [0.1, 0.15) is 85.5 Å². The van der Waals surface area contributed by atoms with Crippen LogP contribution in [0.2, 0.25) is 0 Å². The molecule has 0 nitrogen and oxygen atoms in total. The lowest BCUT2D eigenvalue weighted by atomic mass is 9.90. The van der Waals surface area contributed by atoms with E-state index in [2.05, 4.69) is 40.7 Å². The first-order valence-electron chi connectivity index (χ1n) is 8.14. The molecule has 0 aromatic heterocycles. The molecule has 0 bridgehead atoms. The highest BCUT2D eigenvalue weighted by molar-refractivity contribution is 5.02. The first-order valence-corrected chi connectivity index (χ1v) is 8.14. The van der Waals surface area contributed by atoms with Crippen molar-refractivity contribution >= 4 is 0 Å². The Morgan fingerprint density at radius 2 is 1.67 bits per heavy atom. The van der Waals surface area contributed by atoms with Gasteiger partial charge < -0.3 is 0 Å². The zero-order chi connectivity index (χ0) is 13.8. The third kappa shape index (κ3) is 8.78. The van der Waals surface area contributed by atoms with Crippen molar-refractivity contribution in [2.45, 2.75) is 85.5 Å². The van der Waals surface area contributed by atoms with E-state index in [9.17, 15) is 0 Å². The van der Waals surface area contributed by atoms with Crippen LogP contribution in [0.15, 0.2) is 11.6 Å². The van der Waals surface area contributed by atoms with Crippen LogP contribution in [0.5, 0.6) is 0 Å².